The monoisotopic (exact) mass is 177 g/mol. The van der Waals surface area contributed by atoms with Crippen molar-refractivity contribution in [3.05, 3.63) is 12.5 Å². The van der Waals surface area contributed by atoms with Gasteiger partial charge in [0.2, 0.25) is 6.41 Å². The number of amides is 1. The van der Waals surface area contributed by atoms with Gasteiger partial charge in [0.1, 0.15) is 17.8 Å². The van der Waals surface area contributed by atoms with Gasteiger partial charge in [-0.25, -0.2) is 9.97 Å². The van der Waals surface area contributed by atoms with Crippen LogP contribution in [0.2, 0.25) is 0 Å². The van der Waals surface area contributed by atoms with E-state index in [0.29, 0.717) is 28.9 Å². The minimum absolute atomic E-state index is 0.343. The van der Waals surface area contributed by atoms with Gasteiger partial charge in [-0.2, -0.15) is 0 Å². The molecule has 0 saturated heterocycles. The standard InChI is InChI=1S/C7H7N5O/c8-6-5-4(12-3-13)1-9-7(5)11-2-10-6/h1-3H,(H,12,13)(H3,8,9,10,11). The van der Waals surface area contributed by atoms with Crippen molar-refractivity contribution in [2.45, 2.75) is 0 Å². The minimum Gasteiger partial charge on any atom is -0.383 e. The molecular formula is C7H7N5O. The second kappa shape index (κ2) is 2.74. The summed E-state index contributed by atoms with van der Waals surface area (Å²) in [6.45, 7) is 0. The normalized spacial score (nSPS) is 10.2. The summed E-state index contributed by atoms with van der Waals surface area (Å²) in [6.07, 6.45) is 3.55. The number of aromatic amines is 1. The molecule has 0 radical (unpaired) electrons. The Morgan fingerprint density at radius 3 is 3.15 bits per heavy atom. The summed E-state index contributed by atoms with van der Waals surface area (Å²) < 4.78 is 0. The Bertz CT molecular complexity index is 449. The van der Waals surface area contributed by atoms with E-state index in [1.165, 1.54) is 6.33 Å². The van der Waals surface area contributed by atoms with Crippen molar-refractivity contribution in [2.24, 2.45) is 0 Å². The quantitative estimate of drug-likeness (QED) is 0.567. The number of nitrogen functional groups attached to an aromatic ring is 1. The van der Waals surface area contributed by atoms with Crippen LogP contribution in [-0.2, 0) is 4.79 Å². The molecule has 0 fully saturated rings. The molecule has 2 heterocycles. The van der Waals surface area contributed by atoms with Crippen LogP contribution in [0.4, 0.5) is 11.5 Å². The molecule has 0 unspecified atom stereocenters. The summed E-state index contributed by atoms with van der Waals surface area (Å²) in [6, 6.07) is 0. The molecule has 0 saturated carbocycles. The van der Waals surface area contributed by atoms with Crippen LogP contribution < -0.4 is 11.1 Å². The molecule has 1 amide bonds. The van der Waals surface area contributed by atoms with Crippen molar-refractivity contribution in [3.63, 3.8) is 0 Å². The highest BCUT2D eigenvalue weighted by molar-refractivity contribution is 6.00. The third kappa shape index (κ3) is 1.08. The van der Waals surface area contributed by atoms with Gasteiger partial charge < -0.3 is 16.0 Å². The molecule has 13 heavy (non-hydrogen) atoms. The molecule has 0 atom stereocenters. The molecule has 4 N–H and O–H groups in total. The molecule has 0 aromatic carbocycles. The maximum absolute atomic E-state index is 10.2. The van der Waals surface area contributed by atoms with Crippen LogP contribution in [0, 0.1) is 0 Å². The molecule has 6 heteroatoms. The van der Waals surface area contributed by atoms with Crippen LogP contribution in [0.1, 0.15) is 0 Å². The smallest absolute Gasteiger partial charge is 0.211 e. The van der Waals surface area contributed by atoms with Gasteiger partial charge in [0.05, 0.1) is 11.1 Å². The minimum atomic E-state index is 0.343. The Labute approximate surface area is 73.2 Å². The number of nitrogens with two attached hydrogens (primary N) is 1. The first-order chi connectivity index (χ1) is 6.33. The van der Waals surface area contributed by atoms with Gasteiger partial charge >= 0.3 is 0 Å². The number of anilines is 2. The molecule has 2 aromatic heterocycles. The van der Waals surface area contributed by atoms with E-state index in [1.54, 1.807) is 6.20 Å². The molecule has 0 spiro atoms. The zero-order valence-electron chi connectivity index (χ0n) is 6.61. The first-order valence-corrected chi connectivity index (χ1v) is 3.60. The summed E-state index contributed by atoms with van der Waals surface area (Å²) in [5.41, 5.74) is 6.80. The zero-order chi connectivity index (χ0) is 9.26. The first kappa shape index (κ1) is 7.53. The summed E-state index contributed by atoms with van der Waals surface area (Å²) in [4.78, 5) is 20.8. The second-order valence-corrected chi connectivity index (χ2v) is 2.45. The Morgan fingerprint density at radius 2 is 2.38 bits per heavy atom. The van der Waals surface area contributed by atoms with Crippen LogP contribution >= 0.6 is 0 Å². The SMILES string of the molecule is Nc1ncnc2[nH]cc(NC=O)c12. The van der Waals surface area contributed by atoms with E-state index >= 15 is 0 Å². The van der Waals surface area contributed by atoms with Crippen molar-refractivity contribution in [1.29, 1.82) is 0 Å². The highest BCUT2D eigenvalue weighted by Crippen LogP contribution is 2.24. The number of fused-ring (bicyclic) bond motifs is 1. The fourth-order valence-corrected chi connectivity index (χ4v) is 1.16. The van der Waals surface area contributed by atoms with Gasteiger partial charge in [0.15, 0.2) is 0 Å². The lowest BCUT2D eigenvalue weighted by atomic mass is 10.3. The van der Waals surface area contributed by atoms with E-state index in [0.717, 1.165) is 0 Å². The van der Waals surface area contributed by atoms with Crippen LogP contribution in [0.15, 0.2) is 12.5 Å². The van der Waals surface area contributed by atoms with Crippen LogP contribution in [-0.4, -0.2) is 21.4 Å². The number of carbonyl (C=O) groups is 1. The van der Waals surface area contributed by atoms with Crippen molar-refractivity contribution in [3.8, 4) is 0 Å². The number of rotatable bonds is 2. The van der Waals surface area contributed by atoms with Gasteiger partial charge in [0.25, 0.3) is 0 Å². The van der Waals surface area contributed by atoms with Crippen LogP contribution in [0.5, 0.6) is 0 Å². The van der Waals surface area contributed by atoms with Crippen molar-refractivity contribution in [2.75, 3.05) is 11.1 Å². The third-order valence-electron chi connectivity index (χ3n) is 1.71. The van der Waals surface area contributed by atoms with Crippen LogP contribution in [0.25, 0.3) is 11.0 Å². The van der Waals surface area contributed by atoms with E-state index in [9.17, 15) is 4.79 Å². The maximum Gasteiger partial charge on any atom is 0.211 e. The number of nitrogens with zero attached hydrogens (tertiary/aromatic N) is 2. The molecular weight excluding hydrogens is 170 g/mol. The predicted octanol–water partition coefficient (Wildman–Crippen LogP) is 0.108. The first-order valence-electron chi connectivity index (χ1n) is 3.60. The van der Waals surface area contributed by atoms with E-state index in [4.69, 9.17) is 5.73 Å². The average molecular weight is 177 g/mol. The van der Waals surface area contributed by atoms with Gasteiger partial charge in [0, 0.05) is 6.20 Å². The van der Waals surface area contributed by atoms with Gasteiger partial charge in [-0.3, -0.25) is 4.79 Å². The zero-order valence-corrected chi connectivity index (χ0v) is 6.61. The molecule has 66 valence electrons. The molecule has 0 aliphatic heterocycles. The number of nitrogens with one attached hydrogen (secondary N) is 2. The predicted molar refractivity (Wildman–Crippen MR) is 48.0 cm³/mol. The molecule has 2 aromatic rings. The topological polar surface area (TPSA) is 96.7 Å². The molecule has 2 rings (SSSR count). The fourth-order valence-electron chi connectivity index (χ4n) is 1.16. The van der Waals surface area contributed by atoms with Crippen molar-refractivity contribution < 1.29 is 4.79 Å². The highest BCUT2D eigenvalue weighted by Gasteiger charge is 2.07. The summed E-state index contributed by atoms with van der Waals surface area (Å²) >= 11 is 0. The van der Waals surface area contributed by atoms with E-state index in [-0.39, 0.29) is 0 Å². The van der Waals surface area contributed by atoms with Gasteiger partial charge in [-0.15, -0.1) is 0 Å². The van der Waals surface area contributed by atoms with E-state index in [2.05, 4.69) is 20.3 Å². The van der Waals surface area contributed by atoms with E-state index in [1.807, 2.05) is 0 Å². The number of hydrogen-bond acceptors (Lipinski definition) is 4. The lowest BCUT2D eigenvalue weighted by Crippen LogP contribution is -1.96. The summed E-state index contributed by atoms with van der Waals surface area (Å²) in [7, 11) is 0. The lowest BCUT2D eigenvalue weighted by Gasteiger charge is -1.96. The van der Waals surface area contributed by atoms with Crippen molar-refractivity contribution in [1.82, 2.24) is 15.0 Å². The maximum atomic E-state index is 10.2. The Balaban J connectivity index is 2.70. The van der Waals surface area contributed by atoms with Gasteiger partial charge in [-0.1, -0.05) is 0 Å². The molecule has 0 bridgehead atoms. The van der Waals surface area contributed by atoms with Crippen molar-refractivity contribution >= 4 is 28.9 Å². The van der Waals surface area contributed by atoms with Gasteiger partial charge in [-0.05, 0) is 0 Å². The third-order valence-corrected chi connectivity index (χ3v) is 1.71. The second-order valence-electron chi connectivity index (χ2n) is 2.45. The fraction of sp³-hybridized carbons (Fsp3) is 0. The van der Waals surface area contributed by atoms with E-state index < -0.39 is 0 Å². The number of aromatic nitrogens is 3. The molecule has 0 aliphatic rings. The number of carbonyl (C=O) groups excluding carboxylic acids is 1. The lowest BCUT2D eigenvalue weighted by molar-refractivity contribution is -0.105. The molecule has 6 nitrogen and oxygen atoms in total. The summed E-state index contributed by atoms with van der Waals surface area (Å²) in [5.74, 6) is 0.343. The average Bonchev–Trinajstić information content (AvgIpc) is 2.51. The number of hydrogen-bond donors (Lipinski definition) is 3. The molecule has 0 aliphatic carbocycles. The largest absolute Gasteiger partial charge is 0.383 e. The Morgan fingerprint density at radius 1 is 1.54 bits per heavy atom. The Hall–Kier alpha value is -2.11. The Kier molecular flexibility index (Phi) is 1.59. The number of H-pyrrole nitrogens is 1. The summed E-state index contributed by atoms with van der Waals surface area (Å²) in [5, 5.41) is 3.13. The highest BCUT2D eigenvalue weighted by atomic mass is 16.1. The van der Waals surface area contributed by atoms with Crippen LogP contribution in [0.3, 0.4) is 0 Å².